The van der Waals surface area contributed by atoms with Crippen molar-refractivity contribution in [2.45, 2.75) is 32.9 Å². The van der Waals surface area contributed by atoms with Crippen LogP contribution in [-0.4, -0.2) is 35.3 Å². The molecule has 2 atom stereocenters. The van der Waals surface area contributed by atoms with E-state index in [1.165, 1.54) is 13.2 Å². The number of amides is 2. The first kappa shape index (κ1) is 18.7. The highest BCUT2D eigenvalue weighted by molar-refractivity contribution is 5.95. The fourth-order valence-corrected chi connectivity index (χ4v) is 2.88. The normalized spacial score (nSPS) is 17.6. The summed E-state index contributed by atoms with van der Waals surface area (Å²) in [5.41, 5.74) is 1.71. The van der Waals surface area contributed by atoms with Crippen LogP contribution in [0.5, 0.6) is 0 Å². The predicted octanol–water partition coefficient (Wildman–Crippen LogP) is 2.51. The lowest BCUT2D eigenvalue weighted by atomic mass is 10.1. The maximum absolute atomic E-state index is 12.3. The molecule has 3 rings (SSSR count). The maximum atomic E-state index is 12.3. The quantitative estimate of drug-likeness (QED) is 0.789. The Balaban J connectivity index is 1.51. The molecule has 0 unspecified atom stereocenters. The number of anilines is 1. The van der Waals surface area contributed by atoms with Crippen molar-refractivity contribution in [1.82, 2.24) is 4.90 Å². The second-order valence-corrected chi connectivity index (χ2v) is 6.69. The van der Waals surface area contributed by atoms with Gasteiger partial charge in [0.25, 0.3) is 5.91 Å². The maximum Gasteiger partial charge on any atom is 0.312 e. The summed E-state index contributed by atoms with van der Waals surface area (Å²) < 4.78 is 10.5. The summed E-state index contributed by atoms with van der Waals surface area (Å²) >= 11 is 0. The van der Waals surface area contributed by atoms with E-state index in [1.54, 1.807) is 29.2 Å². The summed E-state index contributed by atoms with van der Waals surface area (Å²) in [6, 6.07) is 10.8. The molecule has 0 bridgehead atoms. The zero-order chi connectivity index (χ0) is 19.4. The minimum Gasteiger partial charge on any atom is -0.467 e. The number of rotatable bonds is 6. The number of carbonyl (C=O) groups is 3. The molecule has 1 saturated heterocycles. The Bertz CT molecular complexity index is 813. The van der Waals surface area contributed by atoms with E-state index < -0.39 is 23.9 Å². The van der Waals surface area contributed by atoms with Gasteiger partial charge >= 0.3 is 5.97 Å². The lowest BCUT2D eigenvalue weighted by Gasteiger charge is -2.17. The fraction of sp³-hybridized carbons (Fsp3) is 0.350. The van der Waals surface area contributed by atoms with Crippen LogP contribution >= 0.6 is 0 Å². The molecule has 0 saturated carbocycles. The minimum absolute atomic E-state index is 0.0752. The number of nitrogens with one attached hydrogen (secondary N) is 1. The highest BCUT2D eigenvalue weighted by atomic mass is 16.5. The molecule has 1 aliphatic rings. The van der Waals surface area contributed by atoms with E-state index in [1.807, 2.05) is 19.1 Å². The Morgan fingerprint density at radius 3 is 2.70 bits per heavy atom. The topological polar surface area (TPSA) is 88.8 Å². The standard InChI is InChI=1S/C20H22N2O5/c1-13-5-7-16(8-6-13)21-19(24)14(2)27-20(25)15-10-18(23)22(11-15)12-17-4-3-9-26-17/h3-9,14-15H,10-12H2,1-2H3,(H,21,24)/t14-,15+/m1/s1. The van der Waals surface area contributed by atoms with Gasteiger partial charge in [0.05, 0.1) is 18.7 Å². The molecular formula is C20H22N2O5. The number of benzene rings is 1. The van der Waals surface area contributed by atoms with Crippen molar-refractivity contribution >= 4 is 23.5 Å². The summed E-state index contributed by atoms with van der Waals surface area (Å²) in [6.07, 6.45) is 0.662. The van der Waals surface area contributed by atoms with Crippen LogP contribution in [0, 0.1) is 12.8 Å². The monoisotopic (exact) mass is 370 g/mol. The van der Waals surface area contributed by atoms with Crippen molar-refractivity contribution < 1.29 is 23.5 Å². The van der Waals surface area contributed by atoms with Gasteiger partial charge in [-0.05, 0) is 38.1 Å². The molecule has 7 nitrogen and oxygen atoms in total. The fourth-order valence-electron chi connectivity index (χ4n) is 2.88. The van der Waals surface area contributed by atoms with Crippen LogP contribution in [0.4, 0.5) is 5.69 Å². The van der Waals surface area contributed by atoms with Crippen LogP contribution in [-0.2, 0) is 25.7 Å². The van der Waals surface area contributed by atoms with Gasteiger partial charge in [0, 0.05) is 18.7 Å². The zero-order valence-corrected chi connectivity index (χ0v) is 15.3. The lowest BCUT2D eigenvalue weighted by molar-refractivity contribution is -0.157. The van der Waals surface area contributed by atoms with Gasteiger partial charge in [-0.1, -0.05) is 17.7 Å². The van der Waals surface area contributed by atoms with Crippen molar-refractivity contribution in [3.05, 3.63) is 54.0 Å². The Morgan fingerprint density at radius 2 is 2.04 bits per heavy atom. The van der Waals surface area contributed by atoms with Crippen LogP contribution in [0.3, 0.4) is 0 Å². The molecule has 2 amide bonds. The average Bonchev–Trinajstić information content (AvgIpc) is 3.27. The van der Waals surface area contributed by atoms with Gasteiger partial charge in [-0.2, -0.15) is 0 Å². The largest absolute Gasteiger partial charge is 0.467 e. The number of nitrogens with zero attached hydrogens (tertiary/aromatic N) is 1. The van der Waals surface area contributed by atoms with Gasteiger partial charge in [-0.15, -0.1) is 0 Å². The van der Waals surface area contributed by atoms with E-state index in [-0.39, 0.29) is 18.9 Å². The van der Waals surface area contributed by atoms with Crippen LogP contribution in [0.2, 0.25) is 0 Å². The van der Waals surface area contributed by atoms with Gasteiger partial charge < -0.3 is 19.4 Å². The number of hydrogen-bond donors (Lipinski definition) is 1. The second kappa shape index (κ2) is 8.07. The molecule has 1 aromatic carbocycles. The van der Waals surface area contributed by atoms with Crippen molar-refractivity contribution in [1.29, 1.82) is 0 Å². The summed E-state index contributed by atoms with van der Waals surface area (Å²) in [4.78, 5) is 38.2. The molecule has 7 heteroatoms. The number of esters is 1. The minimum atomic E-state index is -0.951. The molecule has 1 aromatic heterocycles. The Labute approximate surface area is 157 Å². The van der Waals surface area contributed by atoms with E-state index in [0.29, 0.717) is 18.0 Å². The molecule has 0 spiro atoms. The summed E-state index contributed by atoms with van der Waals surface area (Å²) in [7, 11) is 0. The SMILES string of the molecule is Cc1ccc(NC(=O)[C@@H](C)OC(=O)[C@H]2CC(=O)N(Cc3ccco3)C2)cc1. The molecule has 142 valence electrons. The summed E-state index contributed by atoms with van der Waals surface area (Å²) in [5.74, 6) is -1.02. The first-order valence-electron chi connectivity index (χ1n) is 8.80. The third kappa shape index (κ3) is 4.75. The molecule has 0 aliphatic carbocycles. The molecule has 2 heterocycles. The van der Waals surface area contributed by atoms with E-state index in [0.717, 1.165) is 5.56 Å². The van der Waals surface area contributed by atoms with Crippen molar-refractivity contribution in [2.75, 3.05) is 11.9 Å². The van der Waals surface area contributed by atoms with Gasteiger partial charge in [-0.3, -0.25) is 14.4 Å². The summed E-state index contributed by atoms with van der Waals surface area (Å²) in [5, 5.41) is 2.71. The highest BCUT2D eigenvalue weighted by Crippen LogP contribution is 2.22. The molecular weight excluding hydrogens is 348 g/mol. The van der Waals surface area contributed by atoms with Crippen molar-refractivity contribution in [3.8, 4) is 0 Å². The molecule has 1 fully saturated rings. The van der Waals surface area contributed by atoms with Gasteiger partial charge in [0.1, 0.15) is 5.76 Å². The van der Waals surface area contributed by atoms with E-state index in [9.17, 15) is 14.4 Å². The van der Waals surface area contributed by atoms with Crippen molar-refractivity contribution in [3.63, 3.8) is 0 Å². The van der Waals surface area contributed by atoms with Gasteiger partial charge in [0.2, 0.25) is 5.91 Å². The molecule has 0 radical (unpaired) electrons. The number of likely N-dealkylation sites (tertiary alicyclic amines) is 1. The van der Waals surface area contributed by atoms with Crippen LogP contribution in [0.1, 0.15) is 24.7 Å². The first-order valence-corrected chi connectivity index (χ1v) is 8.80. The van der Waals surface area contributed by atoms with Gasteiger partial charge in [0.15, 0.2) is 6.10 Å². The Morgan fingerprint density at radius 1 is 1.30 bits per heavy atom. The van der Waals surface area contributed by atoms with Crippen LogP contribution < -0.4 is 5.32 Å². The predicted molar refractivity (Wildman–Crippen MR) is 97.6 cm³/mol. The Hall–Kier alpha value is -3.09. The molecule has 2 aromatic rings. The number of ether oxygens (including phenoxy) is 1. The number of carbonyl (C=O) groups excluding carboxylic acids is 3. The average molecular weight is 370 g/mol. The smallest absolute Gasteiger partial charge is 0.312 e. The highest BCUT2D eigenvalue weighted by Gasteiger charge is 2.36. The number of aryl methyl sites for hydroxylation is 1. The molecule has 27 heavy (non-hydrogen) atoms. The molecule has 1 N–H and O–H groups in total. The first-order chi connectivity index (χ1) is 12.9. The zero-order valence-electron chi connectivity index (χ0n) is 15.3. The molecule has 1 aliphatic heterocycles. The van der Waals surface area contributed by atoms with Crippen LogP contribution in [0.15, 0.2) is 47.1 Å². The van der Waals surface area contributed by atoms with E-state index >= 15 is 0 Å². The summed E-state index contributed by atoms with van der Waals surface area (Å²) in [6.45, 7) is 4.04. The second-order valence-electron chi connectivity index (χ2n) is 6.69. The van der Waals surface area contributed by atoms with Crippen LogP contribution in [0.25, 0.3) is 0 Å². The number of hydrogen-bond acceptors (Lipinski definition) is 5. The van der Waals surface area contributed by atoms with E-state index in [4.69, 9.17) is 9.15 Å². The lowest BCUT2D eigenvalue weighted by Crippen LogP contribution is -2.33. The Kier molecular flexibility index (Phi) is 5.59. The van der Waals surface area contributed by atoms with E-state index in [2.05, 4.69) is 5.32 Å². The third-order valence-corrected chi connectivity index (χ3v) is 4.46. The number of furan rings is 1. The van der Waals surface area contributed by atoms with Crippen molar-refractivity contribution in [2.24, 2.45) is 5.92 Å². The van der Waals surface area contributed by atoms with Gasteiger partial charge in [-0.25, -0.2) is 0 Å². The third-order valence-electron chi connectivity index (χ3n) is 4.46.